The van der Waals surface area contributed by atoms with Crippen LogP contribution < -0.4 is 11.1 Å². The van der Waals surface area contributed by atoms with Crippen LogP contribution in [0.15, 0.2) is 18.2 Å². The average molecular weight is 267 g/mol. The van der Waals surface area contributed by atoms with Crippen LogP contribution in [-0.2, 0) is 4.79 Å². The standard InChI is InChI=1S/C14H19ClN2O/c15-14-11(16)7-4-8-12(14)17-13(18)9-10-5-2-1-3-6-10/h4,7-8,10H,1-3,5-6,9,16H2,(H,17,18). The van der Waals surface area contributed by atoms with E-state index in [4.69, 9.17) is 17.3 Å². The lowest BCUT2D eigenvalue weighted by Crippen LogP contribution is -2.18. The van der Waals surface area contributed by atoms with Crippen LogP contribution in [0, 0.1) is 5.92 Å². The van der Waals surface area contributed by atoms with Crippen LogP contribution in [0.5, 0.6) is 0 Å². The molecular weight excluding hydrogens is 248 g/mol. The number of carbonyl (C=O) groups excluding carboxylic acids is 1. The summed E-state index contributed by atoms with van der Waals surface area (Å²) in [7, 11) is 0. The number of hydrogen-bond donors (Lipinski definition) is 2. The zero-order chi connectivity index (χ0) is 13.0. The van der Waals surface area contributed by atoms with Crippen molar-refractivity contribution in [1.82, 2.24) is 0 Å². The molecule has 0 radical (unpaired) electrons. The Morgan fingerprint density at radius 1 is 1.33 bits per heavy atom. The summed E-state index contributed by atoms with van der Waals surface area (Å²) in [6.45, 7) is 0. The summed E-state index contributed by atoms with van der Waals surface area (Å²) >= 11 is 6.04. The van der Waals surface area contributed by atoms with E-state index >= 15 is 0 Å². The van der Waals surface area contributed by atoms with Gasteiger partial charge in [0.1, 0.15) is 0 Å². The molecule has 0 aromatic heterocycles. The van der Waals surface area contributed by atoms with Gasteiger partial charge < -0.3 is 11.1 Å². The van der Waals surface area contributed by atoms with E-state index < -0.39 is 0 Å². The first-order valence-electron chi connectivity index (χ1n) is 6.50. The summed E-state index contributed by atoms with van der Waals surface area (Å²) in [6, 6.07) is 5.29. The first-order valence-corrected chi connectivity index (χ1v) is 6.88. The number of halogens is 1. The molecule has 1 aliphatic rings. The molecule has 0 saturated heterocycles. The summed E-state index contributed by atoms with van der Waals surface area (Å²) in [4.78, 5) is 11.9. The number of nitrogens with one attached hydrogen (secondary N) is 1. The van der Waals surface area contributed by atoms with Crippen LogP contribution >= 0.6 is 11.6 Å². The van der Waals surface area contributed by atoms with Gasteiger partial charge in [0.15, 0.2) is 0 Å². The minimum absolute atomic E-state index is 0.0365. The molecule has 0 atom stereocenters. The van der Waals surface area contributed by atoms with Crippen LogP contribution in [0.4, 0.5) is 11.4 Å². The molecule has 1 aromatic carbocycles. The van der Waals surface area contributed by atoms with Crippen molar-refractivity contribution in [2.24, 2.45) is 5.92 Å². The van der Waals surface area contributed by atoms with E-state index in [1.807, 2.05) is 0 Å². The molecule has 0 unspecified atom stereocenters. The zero-order valence-corrected chi connectivity index (χ0v) is 11.2. The smallest absolute Gasteiger partial charge is 0.224 e. The quantitative estimate of drug-likeness (QED) is 0.817. The van der Waals surface area contributed by atoms with Gasteiger partial charge in [-0.25, -0.2) is 0 Å². The van der Waals surface area contributed by atoms with Gasteiger partial charge in [-0.1, -0.05) is 36.9 Å². The number of amides is 1. The molecule has 1 fully saturated rings. The first-order chi connectivity index (χ1) is 8.66. The van der Waals surface area contributed by atoms with E-state index in [2.05, 4.69) is 5.32 Å². The van der Waals surface area contributed by atoms with Crippen molar-refractivity contribution in [1.29, 1.82) is 0 Å². The average Bonchev–Trinajstić information content (AvgIpc) is 2.36. The van der Waals surface area contributed by atoms with E-state index in [1.165, 1.54) is 19.3 Å². The lowest BCUT2D eigenvalue weighted by Gasteiger charge is -2.21. The van der Waals surface area contributed by atoms with E-state index in [0.717, 1.165) is 12.8 Å². The number of nitrogens with two attached hydrogens (primary N) is 1. The number of nitrogen functional groups attached to an aromatic ring is 1. The van der Waals surface area contributed by atoms with E-state index in [0.29, 0.717) is 28.7 Å². The normalized spacial score (nSPS) is 16.5. The van der Waals surface area contributed by atoms with Gasteiger partial charge in [0.25, 0.3) is 0 Å². The molecule has 3 N–H and O–H groups in total. The number of rotatable bonds is 3. The van der Waals surface area contributed by atoms with Crippen molar-refractivity contribution >= 4 is 28.9 Å². The van der Waals surface area contributed by atoms with Gasteiger partial charge in [0, 0.05) is 6.42 Å². The SMILES string of the molecule is Nc1cccc(NC(=O)CC2CCCCC2)c1Cl. The van der Waals surface area contributed by atoms with Gasteiger partial charge in [0.2, 0.25) is 5.91 Å². The van der Waals surface area contributed by atoms with Gasteiger partial charge in [-0.15, -0.1) is 0 Å². The predicted molar refractivity (Wildman–Crippen MR) is 75.7 cm³/mol. The molecular formula is C14H19ClN2O. The lowest BCUT2D eigenvalue weighted by molar-refractivity contribution is -0.117. The van der Waals surface area contributed by atoms with E-state index in [-0.39, 0.29) is 5.91 Å². The molecule has 0 bridgehead atoms. The third-order valence-electron chi connectivity index (χ3n) is 3.50. The van der Waals surface area contributed by atoms with Crippen molar-refractivity contribution < 1.29 is 4.79 Å². The number of carbonyl (C=O) groups is 1. The Balaban J connectivity index is 1.92. The summed E-state index contributed by atoms with van der Waals surface area (Å²) in [6.07, 6.45) is 6.72. The van der Waals surface area contributed by atoms with Crippen molar-refractivity contribution in [3.05, 3.63) is 23.2 Å². The van der Waals surface area contributed by atoms with Crippen LogP contribution in [0.2, 0.25) is 5.02 Å². The fourth-order valence-corrected chi connectivity index (χ4v) is 2.67. The lowest BCUT2D eigenvalue weighted by atomic mass is 9.87. The van der Waals surface area contributed by atoms with Gasteiger partial charge in [-0.05, 0) is 30.9 Å². The summed E-state index contributed by atoms with van der Waals surface area (Å²) < 4.78 is 0. The van der Waals surface area contributed by atoms with Crippen molar-refractivity contribution in [3.63, 3.8) is 0 Å². The monoisotopic (exact) mass is 266 g/mol. The highest BCUT2D eigenvalue weighted by atomic mass is 35.5. The van der Waals surface area contributed by atoms with E-state index in [1.54, 1.807) is 18.2 Å². The highest BCUT2D eigenvalue weighted by Gasteiger charge is 2.17. The topological polar surface area (TPSA) is 55.1 Å². The van der Waals surface area contributed by atoms with Crippen LogP contribution in [0.25, 0.3) is 0 Å². The van der Waals surface area contributed by atoms with Crippen molar-refractivity contribution in [3.8, 4) is 0 Å². The fourth-order valence-electron chi connectivity index (χ4n) is 2.50. The highest BCUT2D eigenvalue weighted by Crippen LogP contribution is 2.29. The minimum Gasteiger partial charge on any atom is -0.397 e. The maximum absolute atomic E-state index is 11.9. The number of hydrogen-bond acceptors (Lipinski definition) is 2. The Labute approximate surface area is 113 Å². The van der Waals surface area contributed by atoms with Crippen LogP contribution in [0.1, 0.15) is 38.5 Å². The molecule has 0 aliphatic heterocycles. The molecule has 1 saturated carbocycles. The Bertz CT molecular complexity index is 428. The minimum atomic E-state index is 0.0365. The summed E-state index contributed by atoms with van der Waals surface area (Å²) in [5, 5.41) is 3.27. The molecule has 1 aliphatic carbocycles. The Morgan fingerprint density at radius 2 is 2.06 bits per heavy atom. The molecule has 4 heteroatoms. The predicted octanol–water partition coefficient (Wildman–Crippen LogP) is 3.83. The molecule has 1 aromatic rings. The molecule has 0 heterocycles. The number of benzene rings is 1. The maximum Gasteiger partial charge on any atom is 0.224 e. The van der Waals surface area contributed by atoms with Crippen molar-refractivity contribution in [2.75, 3.05) is 11.1 Å². The molecule has 98 valence electrons. The Hall–Kier alpha value is -1.22. The van der Waals surface area contributed by atoms with Gasteiger partial charge in [-0.2, -0.15) is 0 Å². The third-order valence-corrected chi connectivity index (χ3v) is 3.92. The van der Waals surface area contributed by atoms with Gasteiger partial charge in [-0.3, -0.25) is 4.79 Å². The van der Waals surface area contributed by atoms with Gasteiger partial charge >= 0.3 is 0 Å². The Morgan fingerprint density at radius 3 is 2.78 bits per heavy atom. The second-order valence-electron chi connectivity index (χ2n) is 4.97. The molecule has 1 amide bonds. The highest BCUT2D eigenvalue weighted by molar-refractivity contribution is 6.36. The van der Waals surface area contributed by atoms with Crippen LogP contribution in [-0.4, -0.2) is 5.91 Å². The maximum atomic E-state index is 11.9. The van der Waals surface area contributed by atoms with Crippen LogP contribution in [0.3, 0.4) is 0 Å². The largest absolute Gasteiger partial charge is 0.397 e. The summed E-state index contributed by atoms with van der Waals surface area (Å²) in [5.41, 5.74) is 6.80. The molecule has 18 heavy (non-hydrogen) atoms. The number of anilines is 2. The van der Waals surface area contributed by atoms with E-state index in [9.17, 15) is 4.79 Å². The molecule has 0 spiro atoms. The zero-order valence-electron chi connectivity index (χ0n) is 10.4. The third kappa shape index (κ3) is 3.39. The van der Waals surface area contributed by atoms with Crippen molar-refractivity contribution in [2.45, 2.75) is 38.5 Å². The second-order valence-corrected chi connectivity index (χ2v) is 5.34. The summed E-state index contributed by atoms with van der Waals surface area (Å²) in [5.74, 6) is 0.563. The van der Waals surface area contributed by atoms with Gasteiger partial charge in [0.05, 0.1) is 16.4 Å². The fraction of sp³-hybridized carbons (Fsp3) is 0.500. The second kappa shape index (κ2) is 6.10. The molecule has 2 rings (SSSR count). The first kappa shape index (κ1) is 13.2. The molecule has 3 nitrogen and oxygen atoms in total. The Kier molecular flexibility index (Phi) is 4.48.